The maximum Gasteiger partial charge on any atom is 0.322 e. The minimum atomic E-state index is -3.19. The summed E-state index contributed by atoms with van der Waals surface area (Å²) in [6.07, 6.45) is 10.6. The smallest absolute Gasteiger partial charge is 0.322 e. The summed E-state index contributed by atoms with van der Waals surface area (Å²) in [7, 11) is -1.28. The standard InChI is InChI=1S/C16H19ClN4O.C15H14ClN3O2S.C14H14BrN5O2/c1-20-10-16(8-15(20)22)2-4-21(5-3-16)14-7-11(17)6-13-12(14)9-18-19-13;1-22(20,21)18-8-10-2-4-11(5-3-10)13-6-12(16)7-15-14(13)9-17-19-15;15-8-5-10-9(7-16-19-10)11(6-8)20-3-1-14(2-4-20)12(21)17-13(22)18-14/h6-7,9H,2-5,8,10H2,1H3,(H,18,19);2-7,9,18H,8H2,1H3,(H,17,19);5-7H,1-4H2,(H,16,19)(H2,17,18,21,22). The van der Waals surface area contributed by atoms with Crippen LogP contribution < -0.4 is 25.2 Å². The van der Waals surface area contributed by atoms with Gasteiger partial charge in [-0.25, -0.2) is 17.9 Å². The molecule has 17 nitrogen and oxygen atoms in total. The average molecular weight is 1020 g/mol. The summed E-state index contributed by atoms with van der Waals surface area (Å²) in [4.78, 5) is 41.7. The zero-order valence-electron chi connectivity index (χ0n) is 36.1. The number of nitrogens with one attached hydrogen (secondary N) is 6. The number of halogens is 3. The second-order valence-electron chi connectivity index (χ2n) is 17.5. The highest BCUT2D eigenvalue weighted by Crippen LogP contribution is 2.43. The summed E-state index contributed by atoms with van der Waals surface area (Å²) in [5.74, 6) is 0.0771. The molecule has 0 bridgehead atoms. The number of hydrogen-bond acceptors (Lipinski definition) is 10. The third-order valence-corrected chi connectivity index (χ3v) is 14.6. The van der Waals surface area contributed by atoms with Gasteiger partial charge >= 0.3 is 6.03 Å². The molecule has 4 aromatic carbocycles. The van der Waals surface area contributed by atoms with E-state index in [0.717, 1.165) is 109 Å². The van der Waals surface area contributed by atoms with Gasteiger partial charge in [-0.15, -0.1) is 0 Å². The molecule has 0 aliphatic carbocycles. The zero-order valence-corrected chi connectivity index (χ0v) is 40.0. The maximum atomic E-state index is 12.0. The minimum absolute atomic E-state index is 0.177. The number of nitrogens with zero attached hydrogens (tertiary/aromatic N) is 6. The molecule has 7 aromatic rings. The fraction of sp³-hybridized carbons (Fsp3) is 0.333. The largest absolute Gasteiger partial charge is 0.371 e. The Morgan fingerprint density at radius 1 is 0.742 bits per heavy atom. The van der Waals surface area contributed by atoms with Crippen LogP contribution in [0.3, 0.4) is 0 Å². The number of sulfonamides is 1. The number of carbonyl (C=O) groups excluding carboxylic acids is 3. The van der Waals surface area contributed by atoms with Crippen LogP contribution in [0.5, 0.6) is 0 Å². The fourth-order valence-electron chi connectivity index (χ4n) is 9.46. The number of fused-ring (bicyclic) bond motifs is 3. The lowest BCUT2D eigenvalue weighted by Crippen LogP contribution is -2.54. The van der Waals surface area contributed by atoms with E-state index in [1.807, 2.05) is 78.9 Å². The highest BCUT2D eigenvalue weighted by molar-refractivity contribution is 9.10. The van der Waals surface area contributed by atoms with Crippen molar-refractivity contribution < 1.29 is 22.8 Å². The van der Waals surface area contributed by atoms with Gasteiger partial charge in [-0.2, -0.15) is 15.3 Å². The Hall–Kier alpha value is -5.73. The second-order valence-corrected chi connectivity index (χ2v) is 21.1. The number of aromatic amines is 3. The number of anilines is 2. The molecular weight excluding hydrogens is 971 g/mol. The number of benzene rings is 4. The summed E-state index contributed by atoms with van der Waals surface area (Å²) < 4.78 is 25.7. The predicted molar refractivity (Wildman–Crippen MR) is 260 cm³/mol. The van der Waals surface area contributed by atoms with E-state index in [9.17, 15) is 22.8 Å². The Bertz CT molecular complexity index is 3090. The molecule has 66 heavy (non-hydrogen) atoms. The van der Waals surface area contributed by atoms with E-state index in [1.54, 1.807) is 6.20 Å². The Balaban J connectivity index is 0.000000124. The number of rotatable bonds is 6. The first kappa shape index (κ1) is 45.4. The highest BCUT2D eigenvalue weighted by atomic mass is 79.9. The summed E-state index contributed by atoms with van der Waals surface area (Å²) in [6, 6.07) is 19.0. The Morgan fingerprint density at radius 3 is 1.85 bits per heavy atom. The molecule has 2 spiro atoms. The number of imide groups is 1. The first-order valence-corrected chi connectivity index (χ1v) is 24.8. The van der Waals surface area contributed by atoms with E-state index in [-0.39, 0.29) is 23.8 Å². The van der Waals surface area contributed by atoms with Crippen LogP contribution in [0.4, 0.5) is 16.2 Å². The number of likely N-dealkylation sites (tertiary alicyclic amines) is 1. The zero-order chi connectivity index (χ0) is 46.4. The molecule has 4 aliphatic heterocycles. The number of hydrogen-bond donors (Lipinski definition) is 6. The van der Waals surface area contributed by atoms with Gasteiger partial charge in [0.25, 0.3) is 5.91 Å². The van der Waals surface area contributed by atoms with Crippen molar-refractivity contribution in [2.45, 2.75) is 44.2 Å². The number of H-pyrrole nitrogens is 3. The minimum Gasteiger partial charge on any atom is -0.371 e. The van der Waals surface area contributed by atoms with Crippen LogP contribution in [0.25, 0.3) is 43.8 Å². The molecule has 6 N–H and O–H groups in total. The molecule has 0 unspecified atom stereocenters. The van der Waals surface area contributed by atoms with Gasteiger partial charge in [0.05, 0.1) is 41.4 Å². The van der Waals surface area contributed by atoms with Crippen molar-refractivity contribution in [3.63, 3.8) is 0 Å². The van der Waals surface area contributed by atoms with Crippen LogP contribution in [-0.2, 0) is 26.2 Å². The molecule has 4 saturated heterocycles. The van der Waals surface area contributed by atoms with Crippen molar-refractivity contribution in [1.29, 1.82) is 0 Å². The predicted octanol–water partition coefficient (Wildman–Crippen LogP) is 7.10. The van der Waals surface area contributed by atoms with Crippen LogP contribution in [0.2, 0.25) is 10.0 Å². The third kappa shape index (κ3) is 9.58. The molecule has 4 aliphatic rings. The molecular formula is C45H47BrCl2N12O5S. The van der Waals surface area contributed by atoms with Crippen molar-refractivity contribution in [3.05, 3.63) is 99.3 Å². The summed E-state index contributed by atoms with van der Waals surface area (Å²) in [6.45, 7) is 4.49. The monoisotopic (exact) mass is 1020 g/mol. The van der Waals surface area contributed by atoms with Gasteiger partial charge < -0.3 is 20.0 Å². The van der Waals surface area contributed by atoms with Crippen LogP contribution in [0.1, 0.15) is 37.7 Å². The van der Waals surface area contributed by atoms with E-state index < -0.39 is 21.6 Å². The van der Waals surface area contributed by atoms with Gasteiger partial charge in [-0.05, 0) is 78.8 Å². The van der Waals surface area contributed by atoms with E-state index in [4.69, 9.17) is 23.2 Å². The SMILES string of the molecule is CN1CC2(CCN(c3cc(Cl)cc4[nH]ncc34)CC2)CC1=O.CS(=O)(=O)NCc1ccc(-c2cc(Cl)cc3[nH]ncc23)cc1.O=C1NC(=O)C2(CCN(c3cc(Br)cc4[nH]ncc34)CC2)N1. The quantitative estimate of drug-likeness (QED) is 0.0929. The van der Waals surface area contributed by atoms with Gasteiger partial charge in [0.1, 0.15) is 5.54 Å². The fourth-order valence-corrected chi connectivity index (χ4v) is 10.8. The maximum absolute atomic E-state index is 12.0. The van der Waals surface area contributed by atoms with Crippen LogP contribution in [-0.4, -0.2) is 113 Å². The summed E-state index contributed by atoms with van der Waals surface area (Å²) >= 11 is 15.9. The molecule has 0 radical (unpaired) electrons. The number of aromatic nitrogens is 6. The molecule has 4 amide bonds. The van der Waals surface area contributed by atoms with Crippen LogP contribution >= 0.6 is 39.1 Å². The molecule has 7 heterocycles. The molecule has 344 valence electrons. The number of piperidine rings is 2. The highest BCUT2D eigenvalue weighted by Gasteiger charge is 2.48. The van der Waals surface area contributed by atoms with Crippen molar-refractivity contribution in [2.24, 2.45) is 5.41 Å². The summed E-state index contributed by atoms with van der Waals surface area (Å²) in [5.41, 5.74) is 7.35. The lowest BCUT2D eigenvalue weighted by Gasteiger charge is -2.40. The van der Waals surface area contributed by atoms with Gasteiger partial charge in [0.2, 0.25) is 15.9 Å². The molecule has 3 aromatic heterocycles. The Labute approximate surface area is 398 Å². The van der Waals surface area contributed by atoms with Gasteiger partial charge in [0.15, 0.2) is 0 Å². The lowest BCUT2D eigenvalue weighted by molar-refractivity contribution is -0.127. The van der Waals surface area contributed by atoms with Crippen molar-refractivity contribution in [2.75, 3.05) is 55.8 Å². The average Bonchev–Trinajstić information content (AvgIpc) is 4.13. The van der Waals surface area contributed by atoms with Crippen LogP contribution in [0.15, 0.2) is 83.7 Å². The van der Waals surface area contributed by atoms with Crippen molar-refractivity contribution >= 4 is 111 Å². The van der Waals surface area contributed by atoms with E-state index in [2.05, 4.69) is 77.7 Å². The molecule has 0 saturated carbocycles. The summed E-state index contributed by atoms with van der Waals surface area (Å²) in [5, 5.41) is 30.8. The number of carbonyl (C=O) groups is 3. The van der Waals surface area contributed by atoms with Crippen molar-refractivity contribution in [1.82, 2.24) is 50.8 Å². The normalized spacial score (nSPS) is 17.9. The lowest BCUT2D eigenvalue weighted by atomic mass is 9.77. The number of amides is 4. The van der Waals surface area contributed by atoms with Gasteiger partial charge in [-0.1, -0.05) is 63.4 Å². The first-order chi connectivity index (χ1) is 31.6. The molecule has 11 rings (SSSR count). The van der Waals surface area contributed by atoms with Crippen LogP contribution in [0, 0.1) is 5.41 Å². The van der Waals surface area contributed by atoms with Crippen molar-refractivity contribution in [3.8, 4) is 11.1 Å². The molecule has 21 heteroatoms. The molecule has 0 atom stereocenters. The molecule has 4 fully saturated rings. The van der Waals surface area contributed by atoms with E-state index >= 15 is 0 Å². The topological polar surface area (TPSA) is 217 Å². The van der Waals surface area contributed by atoms with Gasteiger partial charge in [-0.3, -0.25) is 30.2 Å². The Morgan fingerprint density at radius 2 is 1.29 bits per heavy atom. The first-order valence-electron chi connectivity index (χ1n) is 21.4. The Kier molecular flexibility index (Phi) is 12.5. The third-order valence-electron chi connectivity index (χ3n) is 13.0. The second kappa shape index (κ2) is 18.2. The van der Waals surface area contributed by atoms with Gasteiger partial charge in [0, 0.05) is 100 Å². The number of urea groups is 1. The van der Waals surface area contributed by atoms with E-state index in [0.29, 0.717) is 37.4 Å². The van der Waals surface area contributed by atoms with E-state index in [1.165, 1.54) is 0 Å².